The van der Waals surface area contributed by atoms with Crippen LogP contribution in [0, 0.1) is 0 Å². The molecular formula is C47H31N. The molecule has 1 aliphatic heterocycles. The van der Waals surface area contributed by atoms with Crippen LogP contribution in [0.25, 0.3) is 66.7 Å². The van der Waals surface area contributed by atoms with Gasteiger partial charge in [-0.15, -0.1) is 0 Å². The van der Waals surface area contributed by atoms with Gasteiger partial charge in [0, 0.05) is 16.8 Å². The quantitative estimate of drug-likeness (QED) is 0.176. The highest BCUT2D eigenvalue weighted by Gasteiger charge is 2.22. The van der Waals surface area contributed by atoms with Crippen LogP contribution in [0.2, 0.25) is 0 Å². The highest BCUT2D eigenvalue weighted by atomic mass is 15.2. The molecule has 0 amide bonds. The van der Waals surface area contributed by atoms with Gasteiger partial charge in [-0.3, -0.25) is 0 Å². The van der Waals surface area contributed by atoms with E-state index >= 15 is 0 Å². The Hall–Kier alpha value is -6.40. The number of anilines is 2. The molecule has 0 bridgehead atoms. The van der Waals surface area contributed by atoms with Gasteiger partial charge >= 0.3 is 0 Å². The maximum atomic E-state index is 3.69. The summed E-state index contributed by atoms with van der Waals surface area (Å²) in [4.78, 5) is 2.35. The van der Waals surface area contributed by atoms with Crippen LogP contribution in [0.3, 0.4) is 0 Å². The molecule has 0 N–H and O–H groups in total. The zero-order valence-electron chi connectivity index (χ0n) is 26.3. The van der Waals surface area contributed by atoms with Gasteiger partial charge in [0.1, 0.15) is 0 Å². The second kappa shape index (κ2) is 11.8. The van der Waals surface area contributed by atoms with Gasteiger partial charge in [0.15, 0.2) is 0 Å². The first-order valence-electron chi connectivity index (χ1n) is 16.4. The fourth-order valence-corrected chi connectivity index (χ4v) is 6.86. The minimum Gasteiger partial charge on any atom is -0.303 e. The highest BCUT2D eigenvalue weighted by molar-refractivity contribution is 5.97. The van der Waals surface area contributed by atoms with Crippen molar-refractivity contribution in [2.75, 3.05) is 4.90 Å². The molecule has 8 aromatic rings. The van der Waals surface area contributed by atoms with Crippen LogP contribution in [0.4, 0.5) is 11.4 Å². The first kappa shape index (κ1) is 27.9. The van der Waals surface area contributed by atoms with Crippen molar-refractivity contribution >= 4 is 44.7 Å². The number of rotatable bonds is 5. The van der Waals surface area contributed by atoms with E-state index in [1.54, 1.807) is 0 Å². The lowest BCUT2D eigenvalue weighted by molar-refractivity contribution is 1.28. The van der Waals surface area contributed by atoms with Crippen LogP contribution >= 0.6 is 0 Å². The molecule has 0 saturated carbocycles. The van der Waals surface area contributed by atoms with E-state index in [0.717, 1.165) is 28.2 Å². The molecule has 0 aliphatic carbocycles. The summed E-state index contributed by atoms with van der Waals surface area (Å²) in [6.07, 6.45) is 2.13. The number of hydrogen-bond donors (Lipinski definition) is 0. The van der Waals surface area contributed by atoms with Crippen molar-refractivity contribution < 1.29 is 0 Å². The Labute approximate surface area is 281 Å². The van der Waals surface area contributed by atoms with Crippen LogP contribution in [0.1, 0.15) is 11.1 Å². The predicted octanol–water partition coefficient (Wildman–Crippen LogP) is 12.8. The molecule has 1 heterocycles. The van der Waals surface area contributed by atoms with Crippen LogP contribution in [-0.2, 0) is 0 Å². The van der Waals surface area contributed by atoms with Gasteiger partial charge in [-0.1, -0.05) is 151 Å². The van der Waals surface area contributed by atoms with Gasteiger partial charge in [0.2, 0.25) is 0 Å². The smallest absolute Gasteiger partial charge is 0.0964 e. The van der Waals surface area contributed by atoms with Gasteiger partial charge in [0.25, 0.3) is 0 Å². The molecule has 0 saturated heterocycles. The molecule has 8 aromatic carbocycles. The zero-order valence-corrected chi connectivity index (χ0v) is 26.3. The summed E-state index contributed by atoms with van der Waals surface area (Å²) in [5.41, 5.74) is 16.4. The summed E-state index contributed by atoms with van der Waals surface area (Å²) in [5.74, 6) is 0. The topological polar surface area (TPSA) is 3.24 Å². The molecule has 1 heteroatoms. The summed E-state index contributed by atoms with van der Waals surface area (Å²) in [7, 11) is 0. The van der Waals surface area contributed by atoms with Crippen LogP contribution in [0.15, 0.2) is 188 Å². The van der Waals surface area contributed by atoms with E-state index in [1.165, 1.54) is 54.9 Å². The molecule has 9 rings (SSSR count). The summed E-state index contributed by atoms with van der Waals surface area (Å²) in [5, 5.41) is 5.01. The van der Waals surface area contributed by atoms with Gasteiger partial charge in [-0.25, -0.2) is 0 Å². The zero-order chi connectivity index (χ0) is 31.9. The van der Waals surface area contributed by atoms with E-state index < -0.39 is 0 Å². The molecule has 0 spiro atoms. The highest BCUT2D eigenvalue weighted by Crippen LogP contribution is 2.42. The number of hydrogen-bond acceptors (Lipinski definition) is 1. The van der Waals surface area contributed by atoms with Crippen molar-refractivity contribution in [3.63, 3.8) is 0 Å². The number of benzene rings is 8. The van der Waals surface area contributed by atoms with Crippen molar-refractivity contribution in [3.8, 4) is 33.4 Å². The van der Waals surface area contributed by atoms with Gasteiger partial charge in [-0.05, 0) is 97.4 Å². The molecule has 0 unspecified atom stereocenters. The first-order valence-corrected chi connectivity index (χ1v) is 16.4. The molecule has 0 radical (unpaired) electrons. The minimum absolute atomic E-state index is 1.03. The van der Waals surface area contributed by atoms with E-state index in [4.69, 9.17) is 0 Å². The Morgan fingerprint density at radius 1 is 0.333 bits per heavy atom. The van der Waals surface area contributed by atoms with Crippen molar-refractivity contribution in [3.05, 3.63) is 199 Å². The SMILES string of the molecule is C1=Cc2cc(-c3ccccc3)ccc2N(c2ccc(-c3ccc4ccccc4c3)cc2)C=1c1ccc(-c2ccc3ccccc3c2)cc1. The van der Waals surface area contributed by atoms with Crippen LogP contribution in [-0.4, -0.2) is 0 Å². The van der Waals surface area contributed by atoms with Crippen LogP contribution < -0.4 is 4.90 Å². The number of nitrogens with zero attached hydrogens (tertiary/aromatic N) is 1. The Morgan fingerprint density at radius 3 is 1.42 bits per heavy atom. The average molecular weight is 610 g/mol. The largest absolute Gasteiger partial charge is 0.303 e. The van der Waals surface area contributed by atoms with Crippen molar-refractivity contribution in [1.82, 2.24) is 0 Å². The molecular weight excluding hydrogens is 579 g/mol. The van der Waals surface area contributed by atoms with E-state index in [0.29, 0.717) is 0 Å². The van der Waals surface area contributed by atoms with Crippen molar-refractivity contribution in [2.24, 2.45) is 0 Å². The number of fused-ring (bicyclic) bond motifs is 3. The molecule has 0 atom stereocenters. The van der Waals surface area contributed by atoms with Gasteiger partial charge in [-0.2, -0.15) is 0 Å². The lowest BCUT2D eigenvalue weighted by Gasteiger charge is -2.31. The fraction of sp³-hybridized carbons (Fsp3) is 0. The molecule has 0 fully saturated rings. The van der Waals surface area contributed by atoms with Gasteiger partial charge < -0.3 is 4.90 Å². The van der Waals surface area contributed by atoms with Crippen LogP contribution in [0.5, 0.6) is 0 Å². The summed E-state index contributed by atoms with van der Waals surface area (Å²) < 4.78 is 0. The summed E-state index contributed by atoms with van der Waals surface area (Å²) in [6, 6.07) is 65.6. The summed E-state index contributed by atoms with van der Waals surface area (Å²) >= 11 is 0. The van der Waals surface area contributed by atoms with E-state index in [-0.39, 0.29) is 0 Å². The van der Waals surface area contributed by atoms with E-state index in [2.05, 4.69) is 199 Å². The molecule has 48 heavy (non-hydrogen) atoms. The standard InChI is InChI=1S/C47H31N/c1-2-8-33(9-3-1)43-24-28-47-44(32-43)25-29-46(38-18-14-36(15-19-38)41-20-16-34-10-4-6-12-39(34)30-41)48(47)45-26-22-37(23-27-45)42-21-17-35-11-5-7-13-40(35)31-42/h1-28,30-32H. The third kappa shape index (κ3) is 5.10. The Kier molecular flexibility index (Phi) is 6.82. The monoisotopic (exact) mass is 609 g/mol. The van der Waals surface area contributed by atoms with Gasteiger partial charge in [0.05, 0.1) is 11.4 Å². The first-order chi connectivity index (χ1) is 23.8. The Bertz CT molecular complexity index is 2520. The third-order valence-corrected chi connectivity index (χ3v) is 9.41. The Morgan fingerprint density at radius 2 is 0.792 bits per heavy atom. The maximum Gasteiger partial charge on any atom is 0.0964 e. The fourth-order valence-electron chi connectivity index (χ4n) is 6.86. The second-order valence-electron chi connectivity index (χ2n) is 12.4. The maximum absolute atomic E-state index is 3.69. The third-order valence-electron chi connectivity index (χ3n) is 9.41. The predicted molar refractivity (Wildman–Crippen MR) is 204 cm³/mol. The Balaban J connectivity index is 1.12. The average Bonchev–Trinajstić information content (AvgIpc) is 3.17. The normalized spacial score (nSPS) is 12.2. The van der Waals surface area contributed by atoms with E-state index in [1.807, 2.05) is 0 Å². The van der Waals surface area contributed by atoms with Crippen molar-refractivity contribution in [2.45, 2.75) is 0 Å². The van der Waals surface area contributed by atoms with E-state index in [9.17, 15) is 0 Å². The molecule has 224 valence electrons. The summed E-state index contributed by atoms with van der Waals surface area (Å²) in [6.45, 7) is 0. The lowest BCUT2D eigenvalue weighted by Crippen LogP contribution is -2.17. The minimum atomic E-state index is 1.03. The molecule has 1 aliphatic rings. The lowest BCUT2D eigenvalue weighted by atomic mass is 9.96. The second-order valence-corrected chi connectivity index (χ2v) is 12.4. The van der Waals surface area contributed by atoms with Crippen molar-refractivity contribution in [1.29, 1.82) is 0 Å². The molecule has 1 nitrogen and oxygen atoms in total. The molecule has 0 aromatic heterocycles.